The second-order valence-corrected chi connectivity index (χ2v) is 5.77. The van der Waals surface area contributed by atoms with Gasteiger partial charge in [-0.3, -0.25) is 10.1 Å². The topological polar surface area (TPSA) is 59.3 Å². The monoisotopic (exact) mass is 327 g/mol. The lowest BCUT2D eigenvalue weighted by atomic mass is 10.1. The third kappa shape index (κ3) is 3.23. The van der Waals surface area contributed by atoms with E-state index in [1.54, 1.807) is 12.3 Å². The zero-order valence-electron chi connectivity index (χ0n) is 11.0. The van der Waals surface area contributed by atoms with E-state index in [0.717, 1.165) is 25.8 Å². The van der Waals surface area contributed by atoms with Gasteiger partial charge in [0, 0.05) is 29.3 Å². The van der Waals surface area contributed by atoms with Crippen LogP contribution < -0.4 is 4.90 Å². The summed E-state index contributed by atoms with van der Waals surface area (Å²) < 4.78 is 0.644. The van der Waals surface area contributed by atoms with Crippen molar-refractivity contribution in [1.29, 1.82) is 0 Å². The van der Waals surface area contributed by atoms with Gasteiger partial charge in [0.1, 0.15) is 0 Å². The van der Waals surface area contributed by atoms with Crippen LogP contribution in [-0.4, -0.2) is 22.5 Å². The Labute approximate surface area is 121 Å². The third-order valence-corrected chi connectivity index (χ3v) is 4.06. The third-order valence-electron chi connectivity index (χ3n) is 3.63. The number of rotatable bonds is 3. The summed E-state index contributed by atoms with van der Waals surface area (Å²) in [4.78, 5) is 17.3. The Morgan fingerprint density at radius 1 is 1.53 bits per heavy atom. The largest absolute Gasteiger partial charge is 0.348 e. The lowest BCUT2D eigenvalue weighted by Crippen LogP contribution is -2.35. The fraction of sp³-hybridized carbons (Fsp3) is 0.615. The molecule has 5 nitrogen and oxygen atoms in total. The zero-order chi connectivity index (χ0) is 13.8. The second-order valence-electron chi connectivity index (χ2n) is 4.86. The normalized spacial score (nSPS) is 20.1. The van der Waals surface area contributed by atoms with E-state index in [0.29, 0.717) is 16.3 Å². The van der Waals surface area contributed by atoms with Gasteiger partial charge in [-0.05, 0) is 35.2 Å². The van der Waals surface area contributed by atoms with Gasteiger partial charge in [-0.25, -0.2) is 4.98 Å². The number of hydrogen-bond donors (Lipinski definition) is 0. The molecule has 1 aliphatic heterocycles. The van der Waals surface area contributed by atoms with Crippen molar-refractivity contribution in [3.8, 4) is 0 Å². The molecule has 0 aliphatic carbocycles. The summed E-state index contributed by atoms with van der Waals surface area (Å²) in [5.74, 6) is 0.516. The fourth-order valence-corrected chi connectivity index (χ4v) is 2.98. The van der Waals surface area contributed by atoms with E-state index in [9.17, 15) is 10.1 Å². The summed E-state index contributed by atoms with van der Waals surface area (Å²) >= 11 is 3.25. The first kappa shape index (κ1) is 14.2. The predicted octanol–water partition coefficient (Wildman–Crippen LogP) is 3.91. The lowest BCUT2D eigenvalue weighted by Gasteiger charge is -2.29. The van der Waals surface area contributed by atoms with E-state index in [1.807, 2.05) is 0 Å². The number of halogens is 1. The van der Waals surface area contributed by atoms with Crippen LogP contribution in [0.2, 0.25) is 0 Å². The minimum atomic E-state index is -0.343. The molecule has 104 valence electrons. The fourth-order valence-electron chi connectivity index (χ4n) is 2.66. The maximum absolute atomic E-state index is 11.2. The average molecular weight is 328 g/mol. The maximum Gasteiger partial charge on any atom is 0.312 e. The van der Waals surface area contributed by atoms with Crippen molar-refractivity contribution >= 4 is 27.4 Å². The van der Waals surface area contributed by atoms with Crippen molar-refractivity contribution in [3.63, 3.8) is 0 Å². The predicted molar refractivity (Wildman–Crippen MR) is 78.5 cm³/mol. The Balaban J connectivity index is 2.40. The number of hydrogen-bond acceptors (Lipinski definition) is 4. The molecule has 1 aliphatic rings. The van der Waals surface area contributed by atoms with Gasteiger partial charge in [0.15, 0.2) is 0 Å². The van der Waals surface area contributed by atoms with Crippen molar-refractivity contribution in [1.82, 2.24) is 4.98 Å². The Hall–Kier alpha value is -1.17. The molecular formula is C13H18BrN3O2. The van der Waals surface area contributed by atoms with E-state index in [-0.39, 0.29) is 10.6 Å². The van der Waals surface area contributed by atoms with Crippen LogP contribution in [0.1, 0.15) is 39.0 Å². The van der Waals surface area contributed by atoms with E-state index in [4.69, 9.17) is 0 Å². The van der Waals surface area contributed by atoms with Crippen LogP contribution in [0, 0.1) is 10.1 Å². The number of nitro groups is 1. The van der Waals surface area contributed by atoms with Crippen molar-refractivity contribution in [2.24, 2.45) is 0 Å². The Morgan fingerprint density at radius 3 is 3.00 bits per heavy atom. The average Bonchev–Trinajstić information content (AvgIpc) is 2.63. The molecule has 6 heteroatoms. The first-order valence-electron chi connectivity index (χ1n) is 6.70. The molecule has 1 aromatic rings. The Kier molecular flexibility index (Phi) is 4.74. The molecule has 19 heavy (non-hydrogen) atoms. The van der Waals surface area contributed by atoms with Crippen molar-refractivity contribution in [2.75, 3.05) is 11.4 Å². The highest BCUT2D eigenvalue weighted by atomic mass is 79.9. The maximum atomic E-state index is 11.2. The van der Waals surface area contributed by atoms with Crippen LogP contribution in [0.15, 0.2) is 16.7 Å². The molecule has 2 rings (SSSR count). The molecule has 0 amide bonds. The summed E-state index contributed by atoms with van der Waals surface area (Å²) in [6.45, 7) is 2.99. The highest BCUT2D eigenvalue weighted by Crippen LogP contribution is 2.33. The van der Waals surface area contributed by atoms with Gasteiger partial charge < -0.3 is 4.90 Å². The van der Waals surface area contributed by atoms with Gasteiger partial charge in [0.2, 0.25) is 5.82 Å². The lowest BCUT2D eigenvalue weighted by molar-refractivity contribution is -0.384. The number of anilines is 1. The van der Waals surface area contributed by atoms with Gasteiger partial charge >= 0.3 is 5.69 Å². The van der Waals surface area contributed by atoms with Crippen LogP contribution in [-0.2, 0) is 0 Å². The van der Waals surface area contributed by atoms with Gasteiger partial charge in [-0.15, -0.1) is 0 Å². The van der Waals surface area contributed by atoms with Crippen molar-refractivity contribution < 1.29 is 4.92 Å². The zero-order valence-corrected chi connectivity index (χ0v) is 12.6. The van der Waals surface area contributed by atoms with Gasteiger partial charge in [-0.1, -0.05) is 19.8 Å². The van der Waals surface area contributed by atoms with Gasteiger partial charge in [0.25, 0.3) is 0 Å². The van der Waals surface area contributed by atoms with Crippen molar-refractivity contribution in [2.45, 2.75) is 45.1 Å². The number of aromatic nitrogens is 1. The van der Waals surface area contributed by atoms with Gasteiger partial charge in [-0.2, -0.15) is 0 Å². The molecule has 1 unspecified atom stereocenters. The van der Waals surface area contributed by atoms with E-state index in [1.165, 1.54) is 12.8 Å². The minimum Gasteiger partial charge on any atom is -0.348 e. The molecule has 0 saturated carbocycles. The highest BCUT2D eigenvalue weighted by Gasteiger charge is 2.27. The number of pyridine rings is 1. The molecule has 1 aromatic heterocycles. The molecule has 0 bridgehead atoms. The van der Waals surface area contributed by atoms with E-state index in [2.05, 4.69) is 32.7 Å². The summed E-state index contributed by atoms with van der Waals surface area (Å²) in [6, 6.07) is 1.90. The molecule has 2 heterocycles. The first-order chi connectivity index (χ1) is 9.13. The van der Waals surface area contributed by atoms with Crippen LogP contribution in [0.25, 0.3) is 0 Å². The summed E-state index contributed by atoms with van der Waals surface area (Å²) in [5, 5.41) is 11.2. The van der Waals surface area contributed by atoms with Crippen LogP contribution >= 0.6 is 15.9 Å². The molecule has 0 N–H and O–H groups in total. The minimum absolute atomic E-state index is 0.0923. The summed E-state index contributed by atoms with van der Waals surface area (Å²) in [6.07, 6.45) is 7.18. The quantitative estimate of drug-likeness (QED) is 0.623. The summed E-state index contributed by atoms with van der Waals surface area (Å²) in [7, 11) is 0. The molecule has 0 spiro atoms. The number of nitrogens with zero attached hydrogens (tertiary/aromatic N) is 3. The van der Waals surface area contributed by atoms with Crippen molar-refractivity contribution in [3.05, 3.63) is 26.9 Å². The van der Waals surface area contributed by atoms with Crippen LogP contribution in [0.5, 0.6) is 0 Å². The standard InChI is InChI=1S/C13H18BrN3O2/c1-2-11-6-4-3-5-7-16(11)13-12(17(18)19)8-10(14)9-15-13/h8-9,11H,2-7H2,1H3. The summed E-state index contributed by atoms with van der Waals surface area (Å²) in [5.41, 5.74) is 0.0923. The van der Waals surface area contributed by atoms with Crippen LogP contribution in [0.4, 0.5) is 11.5 Å². The Bertz CT molecular complexity index is 467. The second kappa shape index (κ2) is 6.32. The first-order valence-corrected chi connectivity index (χ1v) is 7.49. The van der Waals surface area contributed by atoms with Crippen LogP contribution in [0.3, 0.4) is 0 Å². The molecule has 0 radical (unpaired) electrons. The molecule has 1 fully saturated rings. The smallest absolute Gasteiger partial charge is 0.312 e. The Morgan fingerprint density at radius 2 is 2.32 bits per heavy atom. The van der Waals surface area contributed by atoms with Gasteiger partial charge in [0.05, 0.1) is 4.92 Å². The highest BCUT2D eigenvalue weighted by molar-refractivity contribution is 9.10. The van der Waals surface area contributed by atoms with E-state index >= 15 is 0 Å². The molecule has 0 aromatic carbocycles. The molecule has 1 atom stereocenters. The molecule has 1 saturated heterocycles. The SMILES string of the molecule is CCC1CCCCCN1c1ncc(Br)cc1[N+](=O)[O-]. The van der Waals surface area contributed by atoms with E-state index < -0.39 is 0 Å². The molecular weight excluding hydrogens is 310 g/mol.